The summed E-state index contributed by atoms with van der Waals surface area (Å²) in [6.45, 7) is 43.8. The van der Waals surface area contributed by atoms with Crippen LogP contribution < -0.4 is 0 Å². The fourth-order valence-electron chi connectivity index (χ4n) is 4.49. The molecule has 0 spiro atoms. The smallest absolute Gasteiger partial charge is 0.0164 e. The Balaban J connectivity index is -0.000000210. The van der Waals surface area contributed by atoms with Crippen molar-refractivity contribution in [1.82, 2.24) is 19.6 Å². The first-order valence-electron chi connectivity index (χ1n) is 21.6. The number of thiocarbonyl (C=S) groups is 4. The Morgan fingerprint density at radius 2 is 0.368 bits per heavy atom. The topological polar surface area (TPSA) is 13.0 Å². The fourth-order valence-corrected chi connectivity index (χ4v) is 5.95. The molecule has 4 radical (unpaired) electrons. The van der Waals surface area contributed by atoms with Gasteiger partial charge in [0, 0.05) is 79.7 Å². The first kappa shape index (κ1) is 67.4. The fraction of sp³-hybridized carbons (Fsp3) is 0.909. The molecular formula is C44H88N4PbS8-4. The van der Waals surface area contributed by atoms with Crippen LogP contribution in [0, 0.1) is 47.3 Å². The average molecular weight is 1140 g/mol. The van der Waals surface area contributed by atoms with E-state index in [1.165, 1.54) is 51.4 Å². The number of hydrogen-bond acceptors (Lipinski definition) is 8. The maximum atomic E-state index is 5.06. The third-order valence-corrected chi connectivity index (χ3v) is 10.9. The van der Waals surface area contributed by atoms with Gasteiger partial charge in [-0.3, -0.25) is 0 Å². The largest absolute Gasteiger partial charge is 0.411 e. The van der Waals surface area contributed by atoms with Crippen molar-refractivity contribution in [2.75, 3.05) is 52.4 Å². The molecule has 0 bridgehead atoms. The van der Waals surface area contributed by atoms with Crippen LogP contribution in [-0.4, -0.2) is 117 Å². The van der Waals surface area contributed by atoms with Gasteiger partial charge in [-0.2, -0.15) is 0 Å². The summed E-state index contributed by atoms with van der Waals surface area (Å²) in [6, 6.07) is 0. The maximum absolute atomic E-state index is 5.06. The first-order valence-corrected chi connectivity index (χ1v) is 24.8. The van der Waals surface area contributed by atoms with Crippen LogP contribution in [0.15, 0.2) is 0 Å². The summed E-state index contributed by atoms with van der Waals surface area (Å²) < 4.78 is 2.52. The van der Waals surface area contributed by atoms with Crippen molar-refractivity contribution in [2.24, 2.45) is 47.3 Å². The van der Waals surface area contributed by atoms with Gasteiger partial charge in [-0.15, -0.1) is 0 Å². The molecule has 0 aliphatic carbocycles. The summed E-state index contributed by atoms with van der Waals surface area (Å²) in [4.78, 5) is 8.63. The van der Waals surface area contributed by atoms with Gasteiger partial charge in [-0.25, -0.2) is 0 Å². The number of nitrogens with zero attached hydrogens (tertiary/aromatic N) is 4. The summed E-state index contributed by atoms with van der Waals surface area (Å²) in [7, 11) is 0. The molecule has 13 heteroatoms. The molecule has 0 aromatic heterocycles. The summed E-state index contributed by atoms with van der Waals surface area (Å²) in [5, 5.41) is 0. The van der Waals surface area contributed by atoms with Crippen molar-refractivity contribution in [3.05, 3.63) is 0 Å². The van der Waals surface area contributed by atoms with Crippen molar-refractivity contribution in [2.45, 2.75) is 162 Å². The van der Waals surface area contributed by atoms with E-state index >= 15 is 0 Å². The van der Waals surface area contributed by atoms with Gasteiger partial charge in [0.2, 0.25) is 0 Å². The van der Waals surface area contributed by atoms with Crippen LogP contribution in [0.4, 0.5) is 0 Å². The van der Waals surface area contributed by atoms with E-state index < -0.39 is 0 Å². The van der Waals surface area contributed by atoms with Crippen LogP contribution in [0.25, 0.3) is 0 Å². The second-order valence-electron chi connectivity index (χ2n) is 18.5. The third kappa shape index (κ3) is 53.4. The van der Waals surface area contributed by atoms with E-state index in [2.05, 4.69) is 130 Å². The molecule has 57 heavy (non-hydrogen) atoms. The van der Waals surface area contributed by atoms with E-state index in [0.29, 0.717) is 17.3 Å². The molecule has 0 saturated carbocycles. The first-order chi connectivity index (χ1) is 25.7. The molecule has 0 saturated heterocycles. The molecule has 340 valence electrons. The van der Waals surface area contributed by atoms with E-state index in [-0.39, 0.29) is 27.3 Å². The monoisotopic (exact) mass is 1140 g/mol. The summed E-state index contributed by atoms with van der Waals surface area (Å²) in [5.41, 5.74) is 0. The van der Waals surface area contributed by atoms with Crippen LogP contribution in [-0.2, 0) is 50.5 Å². The van der Waals surface area contributed by atoms with Crippen LogP contribution >= 0.6 is 48.9 Å². The summed E-state index contributed by atoms with van der Waals surface area (Å²) in [6.07, 6.45) is 9.40. The molecule has 0 rings (SSSR count). The van der Waals surface area contributed by atoms with Crippen LogP contribution in [0.1, 0.15) is 162 Å². The average Bonchev–Trinajstić information content (AvgIpc) is 3.03. The van der Waals surface area contributed by atoms with Gasteiger partial charge in [-0.1, -0.05) is 128 Å². The van der Waals surface area contributed by atoms with Crippen molar-refractivity contribution in [3.63, 3.8) is 0 Å². The third-order valence-electron chi connectivity index (χ3n) is 8.84. The predicted molar refractivity (Wildman–Crippen MR) is 288 cm³/mol. The molecule has 0 aromatic rings. The molecule has 0 heterocycles. The minimum atomic E-state index is 0. The van der Waals surface area contributed by atoms with Crippen molar-refractivity contribution in [3.8, 4) is 0 Å². The van der Waals surface area contributed by atoms with Gasteiger partial charge in [0.15, 0.2) is 0 Å². The molecule has 0 N–H and O–H groups in total. The molecule has 0 aliphatic rings. The molecule has 0 aromatic carbocycles. The Morgan fingerprint density at radius 1 is 0.281 bits per heavy atom. The standard InChI is InChI=1S/4C11H23NS2.Pb/c4*1-9(2)5-7-12(11(13)14)8-6-10(3)4;/h4*9-10H,5-8H2,1-4H3,(H,13,14);/p-4. The van der Waals surface area contributed by atoms with Gasteiger partial charge < -0.3 is 119 Å². The molecule has 0 fully saturated rings. The summed E-state index contributed by atoms with van der Waals surface area (Å²) in [5.74, 6) is 5.78. The molecule has 4 nitrogen and oxygen atoms in total. The minimum Gasteiger partial charge on any atom is -0.411 e. The molecular weight excluding hydrogens is 1050 g/mol. The Hall–Kier alpha value is 1.36. The normalized spacial score (nSPS) is 10.8. The van der Waals surface area contributed by atoms with Crippen molar-refractivity contribution >= 4 is 144 Å². The molecule has 0 atom stereocenters. The quantitative estimate of drug-likeness (QED) is 0.0519. The van der Waals surface area contributed by atoms with Gasteiger partial charge in [0.1, 0.15) is 0 Å². The second-order valence-corrected chi connectivity index (χ2v) is 22.6. The Morgan fingerprint density at radius 3 is 0.421 bits per heavy atom. The maximum Gasteiger partial charge on any atom is 0.0164 e. The predicted octanol–water partition coefficient (Wildman–Crippen LogP) is 12.5. The van der Waals surface area contributed by atoms with E-state index in [9.17, 15) is 0 Å². The second kappa shape index (κ2) is 42.7. The van der Waals surface area contributed by atoms with Crippen LogP contribution in [0.2, 0.25) is 0 Å². The van der Waals surface area contributed by atoms with Crippen LogP contribution in [0.3, 0.4) is 0 Å². The van der Waals surface area contributed by atoms with Gasteiger partial charge >= 0.3 is 0 Å². The zero-order chi connectivity index (χ0) is 44.6. The van der Waals surface area contributed by atoms with E-state index in [1.54, 1.807) is 0 Å². The number of rotatable bonds is 24. The molecule has 0 unspecified atom stereocenters. The van der Waals surface area contributed by atoms with Gasteiger partial charge in [0.05, 0.1) is 0 Å². The van der Waals surface area contributed by atoms with Crippen LogP contribution in [0.5, 0.6) is 0 Å². The Labute approximate surface area is 421 Å². The van der Waals surface area contributed by atoms with Crippen molar-refractivity contribution < 1.29 is 0 Å². The van der Waals surface area contributed by atoms with E-state index in [0.717, 1.165) is 99.7 Å². The SMILES string of the molecule is CC(C)CCN(CCC(C)C)C(=S)[S-].CC(C)CCN(CCC(C)C)C(=S)[S-].CC(C)CCN(CCC(C)C)C(=S)[S-].CC(C)CCN(CCC(C)C)C(=S)[S-].[Pb]. The molecule has 0 amide bonds. The van der Waals surface area contributed by atoms with Gasteiger partial charge in [0.25, 0.3) is 0 Å². The Kier molecular flexibility index (Phi) is 50.5. The summed E-state index contributed by atoms with van der Waals surface area (Å²) >= 11 is 40.5. The zero-order valence-electron chi connectivity index (χ0n) is 39.5. The zero-order valence-corrected chi connectivity index (χ0v) is 49.9. The Bertz CT molecular complexity index is 778. The number of hydrogen-bond donors (Lipinski definition) is 0. The minimum absolute atomic E-state index is 0. The van der Waals surface area contributed by atoms with E-state index in [4.69, 9.17) is 99.4 Å². The van der Waals surface area contributed by atoms with E-state index in [1.807, 2.05) is 0 Å². The van der Waals surface area contributed by atoms with Gasteiger partial charge in [-0.05, 0) is 98.7 Å². The molecule has 0 aliphatic heterocycles. The van der Waals surface area contributed by atoms with Crippen molar-refractivity contribution in [1.29, 1.82) is 0 Å².